The first kappa shape index (κ1) is 20.6. The molecule has 1 atom stereocenters. The van der Waals surface area contributed by atoms with Gasteiger partial charge in [0.1, 0.15) is 5.69 Å². The van der Waals surface area contributed by atoms with E-state index in [2.05, 4.69) is 10.1 Å². The third kappa shape index (κ3) is 3.59. The lowest BCUT2D eigenvalue weighted by Gasteiger charge is -2.38. The van der Waals surface area contributed by atoms with Crippen molar-refractivity contribution in [3.8, 4) is 0 Å². The van der Waals surface area contributed by atoms with Crippen LogP contribution in [0, 0.1) is 11.9 Å². The molecule has 0 radical (unpaired) electrons. The molecule has 1 aliphatic heterocycles. The summed E-state index contributed by atoms with van der Waals surface area (Å²) in [6.45, 7) is 1.69. The van der Waals surface area contributed by atoms with Gasteiger partial charge in [0, 0.05) is 32.1 Å². The molecule has 0 spiro atoms. The molecule has 3 heterocycles. The Balaban J connectivity index is 1.78. The van der Waals surface area contributed by atoms with Gasteiger partial charge >= 0.3 is 0 Å². The highest BCUT2D eigenvalue weighted by atomic mass is 32.2. The summed E-state index contributed by atoms with van der Waals surface area (Å²) >= 11 is 0. The molecule has 11 heteroatoms. The van der Waals surface area contributed by atoms with Gasteiger partial charge in [-0.15, -0.1) is 0 Å². The summed E-state index contributed by atoms with van der Waals surface area (Å²) < 4.78 is 80.6. The van der Waals surface area contributed by atoms with E-state index in [0.29, 0.717) is 18.8 Å². The second kappa shape index (κ2) is 7.34. The molecule has 2 aromatic heterocycles. The van der Waals surface area contributed by atoms with Gasteiger partial charge in [-0.1, -0.05) is 0 Å². The van der Waals surface area contributed by atoms with Crippen molar-refractivity contribution in [3.63, 3.8) is 0 Å². The third-order valence-electron chi connectivity index (χ3n) is 5.18. The van der Waals surface area contributed by atoms with Gasteiger partial charge in [-0.05, 0) is 31.9 Å². The first-order chi connectivity index (χ1) is 13.0. The molecular formula is C17H20F4N4O2S. The predicted molar refractivity (Wildman–Crippen MR) is 94.0 cm³/mol. The van der Waals surface area contributed by atoms with E-state index in [1.807, 2.05) is 4.90 Å². The molecule has 0 amide bonds. The number of aromatic nitrogens is 3. The Kier molecular flexibility index (Phi) is 5.39. The maximum absolute atomic E-state index is 15.5. The fraction of sp³-hybridized carbons (Fsp3) is 0.529. The van der Waals surface area contributed by atoms with Gasteiger partial charge in [-0.3, -0.25) is 4.68 Å². The van der Waals surface area contributed by atoms with Crippen LogP contribution in [-0.4, -0.2) is 41.3 Å². The van der Waals surface area contributed by atoms with Gasteiger partial charge in [-0.25, -0.2) is 26.6 Å². The number of pyridine rings is 1. The summed E-state index contributed by atoms with van der Waals surface area (Å²) in [7, 11) is -3.36. The van der Waals surface area contributed by atoms with Crippen molar-refractivity contribution in [3.05, 3.63) is 36.0 Å². The minimum Gasteiger partial charge on any atom is -0.370 e. The Morgan fingerprint density at radius 2 is 1.89 bits per heavy atom. The maximum Gasteiger partial charge on any atom is 0.282 e. The van der Waals surface area contributed by atoms with E-state index < -0.39 is 43.8 Å². The number of nitrogens with zero attached hydrogens (tertiary/aromatic N) is 4. The van der Waals surface area contributed by atoms with Gasteiger partial charge in [0.2, 0.25) is 20.8 Å². The second-order valence-corrected chi connectivity index (χ2v) is 9.14. The van der Waals surface area contributed by atoms with Crippen LogP contribution in [0.4, 0.5) is 23.2 Å². The topological polar surface area (TPSA) is 68.1 Å². The van der Waals surface area contributed by atoms with Crippen LogP contribution < -0.4 is 4.90 Å². The third-order valence-corrected chi connectivity index (χ3v) is 7.50. The number of rotatable bonds is 5. The molecule has 6 nitrogen and oxygen atoms in total. The van der Waals surface area contributed by atoms with E-state index in [-0.39, 0.29) is 12.8 Å². The van der Waals surface area contributed by atoms with E-state index in [9.17, 15) is 21.6 Å². The van der Waals surface area contributed by atoms with Gasteiger partial charge in [-0.2, -0.15) is 9.49 Å². The molecule has 0 aromatic carbocycles. The smallest absolute Gasteiger partial charge is 0.282 e. The van der Waals surface area contributed by atoms with Crippen LogP contribution in [0.15, 0.2) is 29.4 Å². The molecule has 1 aliphatic rings. The number of piperidine rings is 1. The van der Waals surface area contributed by atoms with E-state index in [0.717, 1.165) is 17.7 Å². The first-order valence-corrected chi connectivity index (χ1v) is 10.1. The van der Waals surface area contributed by atoms with Crippen molar-refractivity contribution in [2.45, 2.75) is 36.2 Å². The maximum atomic E-state index is 15.5. The van der Waals surface area contributed by atoms with E-state index in [1.165, 1.54) is 19.3 Å². The average molecular weight is 420 g/mol. The normalized spacial score (nSPS) is 18.5. The summed E-state index contributed by atoms with van der Waals surface area (Å²) in [5.41, 5.74) is -0.0491. The van der Waals surface area contributed by atoms with Crippen molar-refractivity contribution in [1.82, 2.24) is 14.8 Å². The standard InChI is InChI=1S/C17H20F4N4O2S/c1-17(21,28(26,27)15-9-13(16(19)20)23-24(15)2)11-5-7-25(8-6-11)12-3-4-14(18)22-10-12/h3-4,9-11,16H,5-8H2,1-2H3. The number of hydrogen-bond acceptors (Lipinski definition) is 5. The highest BCUT2D eigenvalue weighted by molar-refractivity contribution is 7.92. The van der Waals surface area contributed by atoms with Crippen molar-refractivity contribution in [1.29, 1.82) is 0 Å². The molecule has 0 saturated carbocycles. The monoisotopic (exact) mass is 420 g/mol. The second-order valence-electron chi connectivity index (χ2n) is 6.92. The molecule has 3 rings (SSSR count). The molecule has 0 bridgehead atoms. The van der Waals surface area contributed by atoms with Crippen LogP contribution in [0.25, 0.3) is 0 Å². The van der Waals surface area contributed by atoms with Crippen LogP contribution in [0.3, 0.4) is 0 Å². The van der Waals surface area contributed by atoms with Crippen LogP contribution >= 0.6 is 0 Å². The highest BCUT2D eigenvalue weighted by Crippen LogP contribution is 2.40. The molecule has 2 aromatic rings. The lowest BCUT2D eigenvalue weighted by molar-refractivity contribution is 0.145. The van der Waals surface area contributed by atoms with Crippen LogP contribution in [0.5, 0.6) is 0 Å². The minimum atomic E-state index is -4.55. The highest BCUT2D eigenvalue weighted by Gasteiger charge is 2.49. The number of hydrogen-bond donors (Lipinski definition) is 0. The van der Waals surface area contributed by atoms with Gasteiger partial charge in [0.25, 0.3) is 6.43 Å². The van der Waals surface area contributed by atoms with Crippen molar-refractivity contribution in [2.75, 3.05) is 18.0 Å². The number of halogens is 4. The zero-order valence-electron chi connectivity index (χ0n) is 15.3. The van der Waals surface area contributed by atoms with Gasteiger partial charge in [0.15, 0.2) is 5.03 Å². The number of sulfone groups is 1. The van der Waals surface area contributed by atoms with Crippen LogP contribution in [0.2, 0.25) is 0 Å². The van der Waals surface area contributed by atoms with Gasteiger partial charge < -0.3 is 4.90 Å². The molecular weight excluding hydrogens is 400 g/mol. The Morgan fingerprint density at radius 3 is 2.39 bits per heavy atom. The minimum absolute atomic E-state index is 0.225. The van der Waals surface area contributed by atoms with E-state index >= 15 is 4.39 Å². The fourth-order valence-corrected chi connectivity index (χ4v) is 5.21. The van der Waals surface area contributed by atoms with E-state index in [4.69, 9.17) is 0 Å². The molecule has 1 saturated heterocycles. The summed E-state index contributed by atoms with van der Waals surface area (Å²) in [6.07, 6.45) is -1.14. The van der Waals surface area contributed by atoms with Gasteiger partial charge in [0.05, 0.1) is 11.9 Å². The number of aryl methyl sites for hydroxylation is 1. The molecule has 0 aliphatic carbocycles. The quantitative estimate of drug-likeness (QED) is 0.549. The summed E-state index contributed by atoms with van der Waals surface area (Å²) in [6, 6.07) is 3.49. The molecule has 1 fully saturated rings. The summed E-state index contributed by atoms with van der Waals surface area (Å²) in [4.78, 5) is 5.44. The lowest BCUT2D eigenvalue weighted by atomic mass is 9.92. The first-order valence-electron chi connectivity index (χ1n) is 8.66. The Morgan fingerprint density at radius 1 is 1.25 bits per heavy atom. The van der Waals surface area contributed by atoms with Crippen molar-refractivity contribution < 1.29 is 26.0 Å². The molecule has 1 unspecified atom stereocenters. The summed E-state index contributed by atoms with van der Waals surface area (Å²) in [5, 5.41) is 0.252. The van der Waals surface area contributed by atoms with Crippen LogP contribution in [0.1, 0.15) is 31.9 Å². The Bertz CT molecular complexity index is 937. The largest absolute Gasteiger partial charge is 0.370 e. The Hall–Kier alpha value is -2.17. The zero-order valence-corrected chi connectivity index (χ0v) is 16.1. The van der Waals surface area contributed by atoms with Crippen molar-refractivity contribution >= 4 is 15.5 Å². The Labute approximate surface area is 160 Å². The molecule has 0 N–H and O–H groups in total. The fourth-order valence-electron chi connectivity index (χ4n) is 3.46. The number of alkyl halides is 3. The van der Waals surface area contributed by atoms with Crippen LogP contribution in [-0.2, 0) is 16.9 Å². The van der Waals surface area contributed by atoms with E-state index in [1.54, 1.807) is 6.07 Å². The molecule has 154 valence electrons. The zero-order chi connectivity index (χ0) is 20.7. The lowest BCUT2D eigenvalue weighted by Crippen LogP contribution is -2.46. The average Bonchev–Trinajstić information content (AvgIpc) is 3.05. The molecule has 28 heavy (non-hydrogen) atoms. The predicted octanol–water partition coefficient (Wildman–Crippen LogP) is 3.27. The van der Waals surface area contributed by atoms with Crippen molar-refractivity contribution in [2.24, 2.45) is 13.0 Å². The SMILES string of the molecule is Cn1nc(C(F)F)cc1S(=O)(=O)C(C)(F)C1CCN(c2ccc(F)nc2)CC1. The summed E-state index contributed by atoms with van der Waals surface area (Å²) in [5.74, 6) is -1.44. The number of anilines is 1.